The minimum atomic E-state index is -0.764. The summed E-state index contributed by atoms with van der Waals surface area (Å²) in [5.74, 6) is 0.153. The Hall–Kier alpha value is -1.63. The van der Waals surface area contributed by atoms with Gasteiger partial charge >= 0.3 is 6.03 Å². The molecule has 7 heteroatoms. The molecule has 27 heavy (non-hydrogen) atoms. The molecular weight excluding hydrogens is 344 g/mol. The van der Waals surface area contributed by atoms with Gasteiger partial charge in [0.2, 0.25) is 5.91 Å². The van der Waals surface area contributed by atoms with Gasteiger partial charge in [0.05, 0.1) is 0 Å². The summed E-state index contributed by atoms with van der Waals surface area (Å²) in [6, 6.07) is 0.346. The van der Waals surface area contributed by atoms with Crippen molar-refractivity contribution in [3.63, 3.8) is 0 Å². The van der Waals surface area contributed by atoms with Crippen LogP contribution in [-0.2, 0) is 9.59 Å². The molecule has 0 bridgehead atoms. The van der Waals surface area contributed by atoms with Gasteiger partial charge in [-0.1, -0.05) is 13.3 Å². The molecule has 4 aliphatic rings. The van der Waals surface area contributed by atoms with E-state index in [-0.39, 0.29) is 24.4 Å². The number of carbonyl (C=O) groups is 3. The Kier molecular flexibility index (Phi) is 5.14. The molecule has 1 spiro atoms. The summed E-state index contributed by atoms with van der Waals surface area (Å²) in [5.41, 5.74) is -0.764. The molecule has 4 amide bonds. The van der Waals surface area contributed by atoms with Crippen LogP contribution >= 0.6 is 0 Å². The number of rotatable bonds is 4. The minimum absolute atomic E-state index is 0.160. The Morgan fingerprint density at radius 2 is 1.81 bits per heavy atom. The third kappa shape index (κ3) is 3.71. The monoisotopic (exact) mass is 376 g/mol. The number of urea groups is 1. The van der Waals surface area contributed by atoms with Crippen molar-refractivity contribution >= 4 is 17.8 Å². The summed E-state index contributed by atoms with van der Waals surface area (Å²) in [4.78, 5) is 41.2. The lowest BCUT2D eigenvalue weighted by Gasteiger charge is -2.44. The summed E-state index contributed by atoms with van der Waals surface area (Å²) in [5, 5.41) is 5.89. The van der Waals surface area contributed by atoms with E-state index in [2.05, 4.69) is 22.5 Å². The van der Waals surface area contributed by atoms with E-state index in [9.17, 15) is 14.4 Å². The van der Waals surface area contributed by atoms with Crippen molar-refractivity contribution in [3.8, 4) is 0 Å². The lowest BCUT2D eigenvalue weighted by atomic mass is 9.77. The van der Waals surface area contributed by atoms with Gasteiger partial charge in [-0.3, -0.25) is 14.5 Å². The molecule has 0 radical (unpaired) electrons. The zero-order valence-corrected chi connectivity index (χ0v) is 16.3. The largest absolute Gasteiger partial charge is 0.352 e. The van der Waals surface area contributed by atoms with Crippen LogP contribution in [0.2, 0.25) is 0 Å². The number of nitrogens with zero attached hydrogens (tertiary/aromatic N) is 2. The number of imide groups is 1. The molecule has 4 fully saturated rings. The predicted molar refractivity (Wildman–Crippen MR) is 101 cm³/mol. The number of hydrogen-bond acceptors (Lipinski definition) is 4. The van der Waals surface area contributed by atoms with Crippen LogP contribution in [-0.4, -0.2) is 64.9 Å². The van der Waals surface area contributed by atoms with Gasteiger partial charge in [-0.2, -0.15) is 0 Å². The maximum atomic E-state index is 12.8. The molecule has 0 aromatic carbocycles. The van der Waals surface area contributed by atoms with Crippen molar-refractivity contribution in [2.24, 2.45) is 5.92 Å². The molecular formula is C20H32N4O3. The van der Waals surface area contributed by atoms with Crippen molar-refractivity contribution in [1.29, 1.82) is 0 Å². The average molecular weight is 377 g/mol. The van der Waals surface area contributed by atoms with Gasteiger partial charge in [0, 0.05) is 12.1 Å². The number of amides is 4. The molecule has 2 saturated carbocycles. The van der Waals surface area contributed by atoms with Gasteiger partial charge < -0.3 is 15.5 Å². The smallest absolute Gasteiger partial charge is 0.325 e. The highest BCUT2D eigenvalue weighted by molar-refractivity contribution is 6.09. The van der Waals surface area contributed by atoms with Crippen molar-refractivity contribution < 1.29 is 14.4 Å². The average Bonchev–Trinajstić information content (AvgIpc) is 2.85. The van der Waals surface area contributed by atoms with Crippen molar-refractivity contribution in [3.05, 3.63) is 0 Å². The molecule has 0 atom stereocenters. The quantitative estimate of drug-likeness (QED) is 0.731. The number of likely N-dealkylation sites (tertiary alicyclic amines) is 1. The van der Waals surface area contributed by atoms with Gasteiger partial charge in [-0.25, -0.2) is 4.79 Å². The standard InChI is InChI=1S/C20H32N4O3/c1-14-5-7-20(8-6-14)18(26)24(19(27)22-20)13-17(25)21-15-11-16(12-15)23-9-3-2-4-10-23/h14-16H,2-13H2,1H3,(H,21,25)(H,22,27). The van der Waals surface area contributed by atoms with Crippen LogP contribution < -0.4 is 10.6 Å². The Labute approximate surface area is 161 Å². The molecule has 2 N–H and O–H groups in total. The Balaban J connectivity index is 1.25. The number of nitrogens with one attached hydrogen (secondary N) is 2. The first-order valence-electron chi connectivity index (χ1n) is 10.6. The van der Waals surface area contributed by atoms with Crippen molar-refractivity contribution in [2.45, 2.75) is 82.3 Å². The maximum Gasteiger partial charge on any atom is 0.325 e. The van der Waals surface area contributed by atoms with Crippen molar-refractivity contribution in [1.82, 2.24) is 20.4 Å². The lowest BCUT2D eigenvalue weighted by molar-refractivity contribution is -0.136. The summed E-state index contributed by atoms with van der Waals surface area (Å²) in [6.07, 6.45) is 9.07. The molecule has 2 saturated heterocycles. The summed E-state index contributed by atoms with van der Waals surface area (Å²) < 4.78 is 0. The zero-order valence-electron chi connectivity index (χ0n) is 16.3. The van der Waals surface area contributed by atoms with Crippen LogP contribution in [0.3, 0.4) is 0 Å². The van der Waals surface area contributed by atoms with Gasteiger partial charge in [0.15, 0.2) is 0 Å². The highest BCUT2D eigenvalue weighted by atomic mass is 16.2. The van der Waals surface area contributed by atoms with Crippen molar-refractivity contribution in [2.75, 3.05) is 19.6 Å². The van der Waals surface area contributed by atoms with Crippen LogP contribution in [0.5, 0.6) is 0 Å². The number of hydrogen-bond donors (Lipinski definition) is 2. The number of piperidine rings is 1. The molecule has 0 aromatic rings. The highest BCUT2D eigenvalue weighted by Gasteiger charge is 2.52. The topological polar surface area (TPSA) is 81.8 Å². The Morgan fingerprint density at radius 3 is 2.48 bits per heavy atom. The normalized spacial score (nSPS) is 37.2. The second kappa shape index (κ2) is 7.41. The lowest BCUT2D eigenvalue weighted by Crippen LogP contribution is -2.56. The SMILES string of the molecule is CC1CCC2(CC1)NC(=O)N(CC(=O)NC1CC(N3CCCCC3)C1)C2=O. The van der Waals surface area contributed by atoms with E-state index < -0.39 is 11.6 Å². The first kappa shape index (κ1) is 18.7. The maximum absolute atomic E-state index is 12.8. The van der Waals surface area contributed by atoms with Crippen LogP contribution in [0.25, 0.3) is 0 Å². The summed E-state index contributed by atoms with van der Waals surface area (Å²) in [6.45, 7) is 4.37. The van der Waals surface area contributed by atoms with E-state index >= 15 is 0 Å². The Morgan fingerprint density at radius 1 is 1.15 bits per heavy atom. The molecule has 0 aromatic heterocycles. The first-order chi connectivity index (χ1) is 13.0. The minimum Gasteiger partial charge on any atom is -0.352 e. The third-order valence-electron chi connectivity index (χ3n) is 7.06. The highest BCUT2D eigenvalue weighted by Crippen LogP contribution is 2.36. The van der Waals surface area contributed by atoms with E-state index in [0.717, 1.165) is 30.6 Å². The number of carbonyl (C=O) groups excluding carboxylic acids is 3. The second-order valence-corrected chi connectivity index (χ2v) is 9.07. The van der Waals surface area contributed by atoms with Gasteiger partial charge in [-0.15, -0.1) is 0 Å². The van der Waals surface area contributed by atoms with Gasteiger partial charge in [0.1, 0.15) is 12.1 Å². The van der Waals surface area contributed by atoms with E-state index in [1.165, 1.54) is 32.4 Å². The molecule has 150 valence electrons. The van der Waals surface area contributed by atoms with Crippen LogP contribution in [0, 0.1) is 5.92 Å². The van der Waals surface area contributed by atoms with Gasteiger partial charge in [-0.05, 0) is 70.4 Å². The van der Waals surface area contributed by atoms with Crippen LogP contribution in [0.1, 0.15) is 64.7 Å². The molecule has 0 unspecified atom stereocenters. The third-order valence-corrected chi connectivity index (χ3v) is 7.06. The predicted octanol–water partition coefficient (Wildman–Crippen LogP) is 1.62. The molecule has 4 rings (SSSR count). The van der Waals surface area contributed by atoms with E-state index in [4.69, 9.17) is 0 Å². The van der Waals surface area contributed by atoms with Crippen LogP contribution in [0.4, 0.5) is 4.79 Å². The first-order valence-corrected chi connectivity index (χ1v) is 10.6. The Bertz CT molecular complexity index is 602. The fourth-order valence-corrected chi connectivity index (χ4v) is 5.12. The van der Waals surface area contributed by atoms with E-state index in [1.807, 2.05) is 0 Å². The van der Waals surface area contributed by atoms with Gasteiger partial charge in [0.25, 0.3) is 5.91 Å². The fourth-order valence-electron chi connectivity index (χ4n) is 5.12. The zero-order chi connectivity index (χ0) is 19.0. The summed E-state index contributed by atoms with van der Waals surface area (Å²) >= 11 is 0. The summed E-state index contributed by atoms with van der Waals surface area (Å²) in [7, 11) is 0. The molecule has 2 aliphatic carbocycles. The molecule has 2 aliphatic heterocycles. The molecule has 2 heterocycles. The second-order valence-electron chi connectivity index (χ2n) is 9.07. The van der Waals surface area contributed by atoms with Crippen LogP contribution in [0.15, 0.2) is 0 Å². The fraction of sp³-hybridized carbons (Fsp3) is 0.850. The molecule has 7 nitrogen and oxygen atoms in total. The van der Waals surface area contributed by atoms with E-state index in [1.54, 1.807) is 0 Å². The van der Waals surface area contributed by atoms with E-state index in [0.29, 0.717) is 24.8 Å².